The zero-order chi connectivity index (χ0) is 13.2. The van der Waals surface area contributed by atoms with Gasteiger partial charge in [-0.1, -0.05) is 6.07 Å². The van der Waals surface area contributed by atoms with Crippen LogP contribution in [-0.2, 0) is 9.84 Å². The molecule has 0 aromatic heterocycles. The standard InChI is InChI=1S/C11H13F2NO3S/c12-11(13)17-10-3-1-2-8(6-10)14-9-4-5-18(15,16)7-9/h1-3,6,9,11,14H,4-5,7H2. The number of alkyl halides is 2. The van der Waals surface area contributed by atoms with Crippen molar-refractivity contribution in [3.63, 3.8) is 0 Å². The summed E-state index contributed by atoms with van der Waals surface area (Å²) in [6.45, 7) is -2.87. The van der Waals surface area contributed by atoms with E-state index in [4.69, 9.17) is 0 Å². The van der Waals surface area contributed by atoms with Gasteiger partial charge in [0, 0.05) is 17.8 Å². The first kappa shape index (κ1) is 13.1. The summed E-state index contributed by atoms with van der Waals surface area (Å²) in [7, 11) is -2.96. The number of hydrogen-bond acceptors (Lipinski definition) is 4. The minimum atomic E-state index is -2.96. The largest absolute Gasteiger partial charge is 0.435 e. The predicted octanol–water partition coefficient (Wildman–Crippen LogP) is 1.89. The molecule has 100 valence electrons. The summed E-state index contributed by atoms with van der Waals surface area (Å²) in [6.07, 6.45) is 0.530. The van der Waals surface area contributed by atoms with Crippen LogP contribution in [0.2, 0.25) is 0 Å². The lowest BCUT2D eigenvalue weighted by molar-refractivity contribution is -0.0498. The molecule has 1 saturated heterocycles. The Kier molecular flexibility index (Phi) is 3.70. The average Bonchev–Trinajstić information content (AvgIpc) is 2.57. The summed E-state index contributed by atoms with van der Waals surface area (Å²) >= 11 is 0. The van der Waals surface area contributed by atoms with Crippen LogP contribution in [0, 0.1) is 0 Å². The number of benzene rings is 1. The quantitative estimate of drug-likeness (QED) is 0.913. The third-order valence-electron chi connectivity index (χ3n) is 2.66. The van der Waals surface area contributed by atoms with Crippen LogP contribution < -0.4 is 10.1 Å². The van der Waals surface area contributed by atoms with E-state index in [0.717, 1.165) is 0 Å². The van der Waals surface area contributed by atoms with E-state index < -0.39 is 16.4 Å². The number of ether oxygens (including phenoxy) is 1. The van der Waals surface area contributed by atoms with Crippen molar-refractivity contribution in [1.29, 1.82) is 0 Å². The summed E-state index contributed by atoms with van der Waals surface area (Å²) in [5.74, 6) is 0.293. The number of sulfone groups is 1. The molecule has 1 aliphatic heterocycles. The fraction of sp³-hybridized carbons (Fsp3) is 0.455. The second-order valence-electron chi connectivity index (χ2n) is 4.15. The Hall–Kier alpha value is -1.37. The molecule has 0 saturated carbocycles. The third kappa shape index (κ3) is 3.56. The highest BCUT2D eigenvalue weighted by Gasteiger charge is 2.27. The van der Waals surface area contributed by atoms with Gasteiger partial charge in [-0.2, -0.15) is 8.78 Å². The molecule has 7 heteroatoms. The molecule has 2 rings (SSSR count). The molecule has 1 aromatic carbocycles. The molecule has 1 aliphatic rings. The van der Waals surface area contributed by atoms with E-state index in [-0.39, 0.29) is 23.3 Å². The van der Waals surface area contributed by atoms with Crippen LogP contribution in [0.25, 0.3) is 0 Å². The maximum absolute atomic E-state index is 12.0. The maximum Gasteiger partial charge on any atom is 0.387 e. The average molecular weight is 277 g/mol. The molecule has 1 N–H and O–H groups in total. The topological polar surface area (TPSA) is 55.4 Å². The summed E-state index contributed by atoms with van der Waals surface area (Å²) in [4.78, 5) is 0. The van der Waals surface area contributed by atoms with Crippen molar-refractivity contribution in [2.45, 2.75) is 19.1 Å². The molecule has 18 heavy (non-hydrogen) atoms. The number of hydrogen-bond donors (Lipinski definition) is 1. The van der Waals surface area contributed by atoms with Gasteiger partial charge in [-0.25, -0.2) is 8.42 Å². The summed E-state index contributed by atoms with van der Waals surface area (Å²) in [5.41, 5.74) is 0.579. The number of halogens is 2. The second kappa shape index (κ2) is 5.09. The first-order chi connectivity index (χ1) is 8.44. The number of anilines is 1. The van der Waals surface area contributed by atoms with E-state index in [1.807, 2.05) is 0 Å². The molecule has 1 atom stereocenters. The van der Waals surface area contributed by atoms with E-state index in [2.05, 4.69) is 10.1 Å². The third-order valence-corrected chi connectivity index (χ3v) is 4.43. The van der Waals surface area contributed by atoms with Crippen LogP contribution in [0.3, 0.4) is 0 Å². The van der Waals surface area contributed by atoms with Crippen LogP contribution in [-0.4, -0.2) is 32.6 Å². The lowest BCUT2D eigenvalue weighted by Gasteiger charge is -2.13. The van der Waals surface area contributed by atoms with Gasteiger partial charge in [0.1, 0.15) is 5.75 Å². The SMILES string of the molecule is O=S1(=O)CCC(Nc2cccc(OC(F)F)c2)C1. The Morgan fingerprint density at radius 2 is 2.17 bits per heavy atom. The highest BCUT2D eigenvalue weighted by atomic mass is 32.2. The van der Waals surface area contributed by atoms with Crippen LogP contribution >= 0.6 is 0 Å². The van der Waals surface area contributed by atoms with Crippen LogP contribution in [0.15, 0.2) is 24.3 Å². The monoisotopic (exact) mass is 277 g/mol. The molecule has 0 spiro atoms. The predicted molar refractivity (Wildman–Crippen MR) is 63.8 cm³/mol. The van der Waals surface area contributed by atoms with Crippen molar-refractivity contribution < 1.29 is 21.9 Å². The van der Waals surface area contributed by atoms with E-state index in [1.165, 1.54) is 12.1 Å². The van der Waals surface area contributed by atoms with Gasteiger partial charge < -0.3 is 10.1 Å². The van der Waals surface area contributed by atoms with Crippen LogP contribution in [0.4, 0.5) is 14.5 Å². The van der Waals surface area contributed by atoms with Gasteiger partial charge in [0.25, 0.3) is 0 Å². The van der Waals surface area contributed by atoms with Gasteiger partial charge in [0.15, 0.2) is 9.84 Å². The molecular formula is C11H13F2NO3S. The highest BCUT2D eigenvalue weighted by Crippen LogP contribution is 2.22. The van der Waals surface area contributed by atoms with E-state index >= 15 is 0 Å². The first-order valence-corrected chi connectivity index (χ1v) is 7.28. The summed E-state index contributed by atoms with van der Waals surface area (Å²) in [5, 5.41) is 3.01. The Morgan fingerprint density at radius 1 is 1.39 bits per heavy atom. The zero-order valence-corrected chi connectivity index (χ0v) is 10.3. The minimum Gasteiger partial charge on any atom is -0.435 e. The first-order valence-electron chi connectivity index (χ1n) is 5.46. The minimum absolute atomic E-state index is 0.0517. The molecule has 1 heterocycles. The Morgan fingerprint density at radius 3 is 2.78 bits per heavy atom. The number of nitrogens with one attached hydrogen (secondary N) is 1. The van der Waals surface area contributed by atoms with E-state index in [1.54, 1.807) is 12.1 Å². The lowest BCUT2D eigenvalue weighted by Crippen LogP contribution is -2.20. The van der Waals surface area contributed by atoms with Crippen molar-refractivity contribution in [3.8, 4) is 5.75 Å². The molecule has 4 nitrogen and oxygen atoms in total. The fourth-order valence-corrected chi connectivity index (χ4v) is 3.58. The van der Waals surface area contributed by atoms with Crippen LogP contribution in [0.1, 0.15) is 6.42 Å². The maximum atomic E-state index is 12.0. The van der Waals surface area contributed by atoms with Gasteiger partial charge in [-0.15, -0.1) is 0 Å². The van der Waals surface area contributed by atoms with Gasteiger partial charge in [0.05, 0.1) is 11.5 Å². The van der Waals surface area contributed by atoms with Crippen molar-refractivity contribution in [2.24, 2.45) is 0 Å². The van der Waals surface area contributed by atoms with Gasteiger partial charge >= 0.3 is 6.61 Å². The summed E-state index contributed by atoms with van der Waals surface area (Å²) < 4.78 is 50.9. The highest BCUT2D eigenvalue weighted by molar-refractivity contribution is 7.91. The zero-order valence-electron chi connectivity index (χ0n) is 9.47. The molecule has 1 unspecified atom stereocenters. The lowest BCUT2D eigenvalue weighted by atomic mass is 10.2. The van der Waals surface area contributed by atoms with Crippen molar-refractivity contribution in [2.75, 3.05) is 16.8 Å². The van der Waals surface area contributed by atoms with Gasteiger partial charge in [0.2, 0.25) is 0 Å². The molecule has 1 aromatic rings. The molecule has 0 radical (unpaired) electrons. The molecule has 0 amide bonds. The summed E-state index contributed by atoms with van der Waals surface area (Å²) in [6, 6.07) is 5.93. The smallest absolute Gasteiger partial charge is 0.387 e. The van der Waals surface area contributed by atoms with Crippen molar-refractivity contribution in [1.82, 2.24) is 0 Å². The van der Waals surface area contributed by atoms with E-state index in [9.17, 15) is 17.2 Å². The molecule has 0 bridgehead atoms. The Bertz CT molecular complexity index is 519. The normalized spacial score (nSPS) is 22.1. The van der Waals surface area contributed by atoms with Crippen molar-refractivity contribution >= 4 is 15.5 Å². The van der Waals surface area contributed by atoms with Crippen molar-refractivity contribution in [3.05, 3.63) is 24.3 Å². The van der Waals surface area contributed by atoms with Gasteiger partial charge in [-0.3, -0.25) is 0 Å². The molecule has 1 fully saturated rings. The van der Waals surface area contributed by atoms with E-state index in [0.29, 0.717) is 12.1 Å². The van der Waals surface area contributed by atoms with Crippen LogP contribution in [0.5, 0.6) is 5.75 Å². The van der Waals surface area contributed by atoms with Gasteiger partial charge in [-0.05, 0) is 18.6 Å². The second-order valence-corrected chi connectivity index (χ2v) is 6.38. The molecule has 0 aliphatic carbocycles. The fourth-order valence-electron chi connectivity index (χ4n) is 1.91. The Balaban J connectivity index is 2.01. The Labute approximate surface area is 104 Å². The number of rotatable bonds is 4. The molecular weight excluding hydrogens is 264 g/mol.